The lowest BCUT2D eigenvalue weighted by molar-refractivity contribution is 0.112. The summed E-state index contributed by atoms with van der Waals surface area (Å²) in [5, 5.41) is 0. The molecule has 0 amide bonds. The quantitative estimate of drug-likeness (QED) is 0.657. The Hall–Kier alpha value is -2.62. The normalized spacial score (nSPS) is 10.6. The molecule has 0 aliphatic heterocycles. The van der Waals surface area contributed by atoms with Crippen LogP contribution in [0.15, 0.2) is 48.7 Å². The number of halogens is 1. The SMILES string of the molecule is O=Cc1cc2ncccc2nc1-c1cccc(F)c1. The minimum Gasteiger partial charge on any atom is -0.298 e. The van der Waals surface area contributed by atoms with Crippen molar-refractivity contribution in [2.75, 3.05) is 0 Å². The molecule has 3 rings (SSSR count). The topological polar surface area (TPSA) is 42.9 Å². The molecule has 0 aliphatic carbocycles. The third-order valence-corrected chi connectivity index (χ3v) is 2.84. The summed E-state index contributed by atoms with van der Waals surface area (Å²) in [6.45, 7) is 0. The van der Waals surface area contributed by atoms with E-state index in [1.54, 1.807) is 36.5 Å². The van der Waals surface area contributed by atoms with Crippen molar-refractivity contribution in [3.8, 4) is 11.3 Å². The molecule has 19 heavy (non-hydrogen) atoms. The summed E-state index contributed by atoms with van der Waals surface area (Å²) >= 11 is 0. The second-order valence-electron chi connectivity index (χ2n) is 4.10. The highest BCUT2D eigenvalue weighted by Crippen LogP contribution is 2.24. The molecular formula is C15H9FN2O. The highest BCUT2D eigenvalue weighted by Gasteiger charge is 2.09. The number of nitrogens with zero attached hydrogens (tertiary/aromatic N) is 2. The molecule has 2 heterocycles. The van der Waals surface area contributed by atoms with Crippen molar-refractivity contribution in [2.24, 2.45) is 0 Å². The van der Waals surface area contributed by atoms with Crippen LogP contribution in [0.5, 0.6) is 0 Å². The van der Waals surface area contributed by atoms with Crippen LogP contribution in [0, 0.1) is 5.82 Å². The maximum atomic E-state index is 13.3. The predicted octanol–water partition coefficient (Wildman–Crippen LogP) is 3.25. The van der Waals surface area contributed by atoms with Crippen LogP contribution in [0.2, 0.25) is 0 Å². The first kappa shape index (κ1) is 11.5. The lowest BCUT2D eigenvalue weighted by Gasteiger charge is -2.06. The standard InChI is InChI=1S/C15H9FN2O/c16-12-4-1-3-10(7-12)15-11(9-19)8-14-13(18-15)5-2-6-17-14/h1-9H. The van der Waals surface area contributed by atoms with Crippen molar-refractivity contribution in [2.45, 2.75) is 0 Å². The van der Waals surface area contributed by atoms with Crippen molar-refractivity contribution in [1.29, 1.82) is 0 Å². The van der Waals surface area contributed by atoms with Crippen LogP contribution in [-0.2, 0) is 0 Å². The zero-order chi connectivity index (χ0) is 13.2. The largest absolute Gasteiger partial charge is 0.298 e. The molecule has 1 aromatic carbocycles. The van der Waals surface area contributed by atoms with Gasteiger partial charge in [-0.1, -0.05) is 12.1 Å². The Morgan fingerprint density at radius 1 is 1.05 bits per heavy atom. The fourth-order valence-electron chi connectivity index (χ4n) is 1.97. The lowest BCUT2D eigenvalue weighted by Crippen LogP contribution is -1.94. The monoisotopic (exact) mass is 252 g/mol. The van der Waals surface area contributed by atoms with Crippen LogP contribution < -0.4 is 0 Å². The molecule has 0 aliphatic rings. The summed E-state index contributed by atoms with van der Waals surface area (Å²) in [6.07, 6.45) is 2.35. The molecule has 0 spiro atoms. The van der Waals surface area contributed by atoms with Crippen LogP contribution in [0.1, 0.15) is 10.4 Å². The Morgan fingerprint density at radius 2 is 1.95 bits per heavy atom. The summed E-state index contributed by atoms with van der Waals surface area (Å²) in [5.41, 5.74) is 2.76. The fraction of sp³-hybridized carbons (Fsp3) is 0. The van der Waals surface area contributed by atoms with Crippen LogP contribution in [-0.4, -0.2) is 16.3 Å². The molecule has 0 unspecified atom stereocenters. The third-order valence-electron chi connectivity index (χ3n) is 2.84. The minimum absolute atomic E-state index is 0.359. The first-order valence-electron chi connectivity index (χ1n) is 5.75. The van der Waals surface area contributed by atoms with Crippen LogP contribution >= 0.6 is 0 Å². The summed E-state index contributed by atoms with van der Waals surface area (Å²) in [4.78, 5) is 19.7. The molecule has 92 valence electrons. The molecule has 0 fully saturated rings. The highest BCUT2D eigenvalue weighted by molar-refractivity contribution is 5.91. The van der Waals surface area contributed by atoms with Gasteiger partial charge in [-0.2, -0.15) is 0 Å². The number of pyridine rings is 2. The summed E-state index contributed by atoms with van der Waals surface area (Å²) in [5.74, 6) is -0.359. The van der Waals surface area contributed by atoms with Gasteiger partial charge in [-0.05, 0) is 30.3 Å². The Bertz CT molecular complexity index is 771. The van der Waals surface area contributed by atoms with E-state index in [1.807, 2.05) is 0 Å². The number of carbonyl (C=O) groups excluding carboxylic acids is 1. The maximum absolute atomic E-state index is 13.3. The van der Waals surface area contributed by atoms with E-state index in [-0.39, 0.29) is 5.82 Å². The van der Waals surface area contributed by atoms with E-state index >= 15 is 0 Å². The summed E-state index contributed by atoms with van der Waals surface area (Å²) in [6, 6.07) is 11.3. The van der Waals surface area contributed by atoms with Crippen molar-refractivity contribution in [3.05, 3.63) is 60.0 Å². The van der Waals surface area contributed by atoms with Gasteiger partial charge in [-0.25, -0.2) is 9.37 Å². The predicted molar refractivity (Wildman–Crippen MR) is 70.3 cm³/mol. The number of hydrogen-bond acceptors (Lipinski definition) is 3. The lowest BCUT2D eigenvalue weighted by atomic mass is 10.1. The fourth-order valence-corrected chi connectivity index (χ4v) is 1.97. The zero-order valence-electron chi connectivity index (χ0n) is 9.88. The van der Waals surface area contributed by atoms with E-state index in [9.17, 15) is 9.18 Å². The second-order valence-corrected chi connectivity index (χ2v) is 4.10. The van der Waals surface area contributed by atoms with Gasteiger partial charge in [-0.15, -0.1) is 0 Å². The number of benzene rings is 1. The van der Waals surface area contributed by atoms with E-state index < -0.39 is 0 Å². The van der Waals surface area contributed by atoms with E-state index in [4.69, 9.17) is 0 Å². The smallest absolute Gasteiger partial charge is 0.152 e. The van der Waals surface area contributed by atoms with Gasteiger partial charge in [-0.3, -0.25) is 9.78 Å². The van der Waals surface area contributed by atoms with Crippen molar-refractivity contribution < 1.29 is 9.18 Å². The molecule has 4 heteroatoms. The van der Waals surface area contributed by atoms with E-state index in [0.29, 0.717) is 34.1 Å². The number of fused-ring (bicyclic) bond motifs is 1. The number of hydrogen-bond donors (Lipinski definition) is 0. The Kier molecular flexibility index (Phi) is 2.76. The van der Waals surface area contributed by atoms with Gasteiger partial charge < -0.3 is 0 Å². The highest BCUT2D eigenvalue weighted by atomic mass is 19.1. The Morgan fingerprint density at radius 3 is 2.74 bits per heavy atom. The molecule has 0 radical (unpaired) electrons. The van der Waals surface area contributed by atoms with Gasteiger partial charge in [0.2, 0.25) is 0 Å². The molecule has 0 N–H and O–H groups in total. The maximum Gasteiger partial charge on any atom is 0.152 e. The van der Waals surface area contributed by atoms with E-state index in [0.717, 1.165) is 0 Å². The van der Waals surface area contributed by atoms with Crippen LogP contribution in [0.25, 0.3) is 22.3 Å². The number of carbonyl (C=O) groups is 1. The molecule has 0 saturated carbocycles. The zero-order valence-corrected chi connectivity index (χ0v) is 9.88. The van der Waals surface area contributed by atoms with E-state index in [2.05, 4.69) is 9.97 Å². The second kappa shape index (κ2) is 4.57. The minimum atomic E-state index is -0.359. The molecule has 3 nitrogen and oxygen atoms in total. The van der Waals surface area contributed by atoms with Crippen molar-refractivity contribution in [3.63, 3.8) is 0 Å². The van der Waals surface area contributed by atoms with Gasteiger partial charge in [0.05, 0.1) is 16.7 Å². The van der Waals surface area contributed by atoms with Gasteiger partial charge in [0.1, 0.15) is 5.82 Å². The summed E-state index contributed by atoms with van der Waals surface area (Å²) < 4.78 is 13.3. The number of aromatic nitrogens is 2. The molecule has 0 atom stereocenters. The van der Waals surface area contributed by atoms with Gasteiger partial charge in [0, 0.05) is 17.3 Å². The van der Waals surface area contributed by atoms with Crippen molar-refractivity contribution in [1.82, 2.24) is 9.97 Å². The first-order chi connectivity index (χ1) is 9.28. The molecule has 0 saturated heterocycles. The Labute approximate surface area is 108 Å². The Balaban J connectivity index is 2.30. The first-order valence-corrected chi connectivity index (χ1v) is 5.75. The average molecular weight is 252 g/mol. The average Bonchev–Trinajstić information content (AvgIpc) is 2.46. The van der Waals surface area contributed by atoms with E-state index in [1.165, 1.54) is 12.1 Å². The molecule has 2 aromatic heterocycles. The van der Waals surface area contributed by atoms with Crippen LogP contribution in [0.4, 0.5) is 4.39 Å². The van der Waals surface area contributed by atoms with Crippen molar-refractivity contribution >= 4 is 17.3 Å². The summed E-state index contributed by atoms with van der Waals surface area (Å²) in [7, 11) is 0. The number of aldehydes is 1. The molecular weight excluding hydrogens is 243 g/mol. The number of rotatable bonds is 2. The van der Waals surface area contributed by atoms with Gasteiger partial charge in [0.15, 0.2) is 6.29 Å². The molecule has 0 bridgehead atoms. The van der Waals surface area contributed by atoms with Gasteiger partial charge in [0.25, 0.3) is 0 Å². The van der Waals surface area contributed by atoms with Crippen LogP contribution in [0.3, 0.4) is 0 Å². The van der Waals surface area contributed by atoms with Gasteiger partial charge >= 0.3 is 0 Å². The molecule has 3 aromatic rings. The third kappa shape index (κ3) is 2.08.